The van der Waals surface area contributed by atoms with E-state index in [-0.39, 0.29) is 11.8 Å². The van der Waals surface area contributed by atoms with Crippen LogP contribution in [0.4, 0.5) is 11.4 Å². The number of hydrogen-bond donors (Lipinski definition) is 1. The van der Waals surface area contributed by atoms with Crippen LogP contribution in [0, 0.1) is 0 Å². The van der Waals surface area contributed by atoms with Gasteiger partial charge in [0.25, 0.3) is 5.91 Å². The number of aromatic nitrogens is 2. The molecule has 1 aromatic heterocycles. The van der Waals surface area contributed by atoms with Crippen LogP contribution in [-0.4, -0.2) is 35.8 Å². The number of hydrogen-bond acceptors (Lipinski definition) is 4. The molecule has 0 saturated carbocycles. The molecule has 0 aliphatic heterocycles. The highest BCUT2D eigenvalue weighted by atomic mass is 16.5. The van der Waals surface area contributed by atoms with Gasteiger partial charge in [-0.2, -0.15) is 5.10 Å². The highest BCUT2D eigenvalue weighted by Crippen LogP contribution is 2.24. The van der Waals surface area contributed by atoms with Gasteiger partial charge in [0.05, 0.1) is 12.8 Å². The number of likely N-dealkylation sites (N-methyl/N-ethyl adjacent to an activating group) is 1. The van der Waals surface area contributed by atoms with Gasteiger partial charge in [0.1, 0.15) is 5.75 Å². The van der Waals surface area contributed by atoms with Gasteiger partial charge < -0.3 is 15.0 Å². The van der Waals surface area contributed by atoms with E-state index in [2.05, 4.69) is 17.0 Å². The molecule has 0 spiro atoms. The lowest BCUT2D eigenvalue weighted by molar-refractivity contribution is -0.113. The molecule has 0 fully saturated rings. The van der Waals surface area contributed by atoms with E-state index in [0.29, 0.717) is 22.7 Å². The minimum Gasteiger partial charge on any atom is -0.497 e. The standard InChI is InChI=1S/C21H20N4O3/c1-4-20(26)24(2)17-8-6-15(7-9-17)21(27)23-16-12-18(14-19(13-16)28-3)25-11-5-10-22-25/h4-14H,1H2,2-3H3,(H,23,27). The van der Waals surface area contributed by atoms with Crippen LogP contribution in [0.2, 0.25) is 0 Å². The molecular formula is C21H20N4O3. The summed E-state index contributed by atoms with van der Waals surface area (Å²) >= 11 is 0. The molecule has 0 unspecified atom stereocenters. The Morgan fingerprint density at radius 1 is 1.21 bits per heavy atom. The van der Waals surface area contributed by atoms with E-state index in [0.717, 1.165) is 5.69 Å². The third kappa shape index (κ3) is 4.09. The maximum atomic E-state index is 12.6. The van der Waals surface area contributed by atoms with Crippen LogP contribution in [-0.2, 0) is 4.79 Å². The monoisotopic (exact) mass is 376 g/mol. The maximum absolute atomic E-state index is 12.6. The van der Waals surface area contributed by atoms with Crippen molar-refractivity contribution in [3.63, 3.8) is 0 Å². The first-order valence-electron chi connectivity index (χ1n) is 8.52. The number of methoxy groups -OCH3 is 1. The van der Waals surface area contributed by atoms with Crippen molar-refractivity contribution >= 4 is 23.2 Å². The molecule has 3 aromatic rings. The van der Waals surface area contributed by atoms with Gasteiger partial charge in [-0.15, -0.1) is 0 Å². The summed E-state index contributed by atoms with van der Waals surface area (Å²) in [7, 11) is 3.21. The number of ether oxygens (including phenoxy) is 1. The Balaban J connectivity index is 1.80. The first-order chi connectivity index (χ1) is 13.5. The number of anilines is 2. The zero-order valence-electron chi connectivity index (χ0n) is 15.6. The van der Waals surface area contributed by atoms with Gasteiger partial charge in [-0.1, -0.05) is 6.58 Å². The van der Waals surface area contributed by atoms with Gasteiger partial charge in [-0.05, 0) is 42.5 Å². The van der Waals surface area contributed by atoms with Crippen molar-refractivity contribution in [2.24, 2.45) is 0 Å². The summed E-state index contributed by atoms with van der Waals surface area (Å²) in [4.78, 5) is 25.7. The Labute approximate surface area is 162 Å². The molecule has 7 heteroatoms. The number of nitrogens with one attached hydrogen (secondary N) is 1. The Hall–Kier alpha value is -3.87. The zero-order valence-corrected chi connectivity index (χ0v) is 15.6. The fraction of sp³-hybridized carbons (Fsp3) is 0.0952. The molecule has 0 aliphatic rings. The van der Waals surface area contributed by atoms with E-state index in [9.17, 15) is 9.59 Å². The average Bonchev–Trinajstić information content (AvgIpc) is 3.27. The third-order valence-corrected chi connectivity index (χ3v) is 4.18. The highest BCUT2D eigenvalue weighted by molar-refractivity contribution is 6.05. The molecule has 0 bridgehead atoms. The van der Waals surface area contributed by atoms with Gasteiger partial charge in [0.15, 0.2) is 0 Å². The summed E-state index contributed by atoms with van der Waals surface area (Å²) in [6.45, 7) is 3.47. The summed E-state index contributed by atoms with van der Waals surface area (Å²) in [5.74, 6) is 0.104. The second-order valence-corrected chi connectivity index (χ2v) is 5.97. The van der Waals surface area contributed by atoms with Gasteiger partial charge in [-0.25, -0.2) is 4.68 Å². The van der Waals surface area contributed by atoms with Crippen LogP contribution in [0.5, 0.6) is 5.75 Å². The van der Waals surface area contributed by atoms with E-state index in [4.69, 9.17) is 4.74 Å². The fourth-order valence-corrected chi connectivity index (χ4v) is 2.63. The topological polar surface area (TPSA) is 76.5 Å². The number of rotatable bonds is 6. The molecule has 2 amide bonds. The Morgan fingerprint density at radius 3 is 2.57 bits per heavy atom. The lowest BCUT2D eigenvalue weighted by atomic mass is 10.1. The summed E-state index contributed by atoms with van der Waals surface area (Å²) in [5, 5.41) is 7.06. The SMILES string of the molecule is C=CC(=O)N(C)c1ccc(C(=O)Nc2cc(OC)cc(-n3cccn3)c2)cc1. The van der Waals surface area contributed by atoms with Crippen LogP contribution in [0.15, 0.2) is 73.6 Å². The summed E-state index contributed by atoms with van der Waals surface area (Å²) in [6.07, 6.45) is 4.72. The molecule has 0 aliphatic carbocycles. The molecule has 3 rings (SSSR count). The largest absolute Gasteiger partial charge is 0.497 e. The molecular weight excluding hydrogens is 356 g/mol. The lowest BCUT2D eigenvalue weighted by Gasteiger charge is -2.15. The van der Waals surface area contributed by atoms with Gasteiger partial charge in [-0.3, -0.25) is 9.59 Å². The summed E-state index contributed by atoms with van der Waals surface area (Å²) < 4.78 is 7.00. The van der Waals surface area contributed by atoms with Gasteiger partial charge in [0, 0.05) is 48.5 Å². The molecule has 7 nitrogen and oxygen atoms in total. The van der Waals surface area contributed by atoms with Crippen molar-refractivity contribution in [1.29, 1.82) is 0 Å². The zero-order chi connectivity index (χ0) is 20.1. The van der Waals surface area contributed by atoms with Gasteiger partial charge >= 0.3 is 0 Å². The fourth-order valence-electron chi connectivity index (χ4n) is 2.63. The van der Waals surface area contributed by atoms with E-state index in [1.165, 1.54) is 11.0 Å². The van der Waals surface area contributed by atoms with Crippen molar-refractivity contribution in [1.82, 2.24) is 9.78 Å². The molecule has 0 atom stereocenters. The molecule has 1 N–H and O–H groups in total. The average molecular weight is 376 g/mol. The van der Waals surface area contributed by atoms with E-state index in [1.807, 2.05) is 12.1 Å². The smallest absolute Gasteiger partial charge is 0.255 e. The summed E-state index contributed by atoms with van der Waals surface area (Å²) in [6, 6.07) is 13.9. The molecule has 0 saturated heterocycles. The van der Waals surface area contributed by atoms with Crippen LogP contribution in [0.25, 0.3) is 5.69 Å². The minimum absolute atomic E-state index is 0.222. The van der Waals surface area contributed by atoms with Crippen molar-refractivity contribution < 1.29 is 14.3 Å². The van der Waals surface area contributed by atoms with Crippen molar-refractivity contribution in [2.75, 3.05) is 24.4 Å². The number of benzene rings is 2. The Bertz CT molecular complexity index is 995. The Morgan fingerprint density at radius 2 is 1.96 bits per heavy atom. The van der Waals surface area contributed by atoms with Crippen LogP contribution in [0.3, 0.4) is 0 Å². The molecule has 2 aromatic carbocycles. The minimum atomic E-state index is -0.274. The summed E-state index contributed by atoms with van der Waals surface area (Å²) in [5.41, 5.74) is 2.48. The van der Waals surface area contributed by atoms with E-state index in [1.54, 1.807) is 67.6 Å². The molecule has 0 radical (unpaired) electrons. The first-order valence-corrected chi connectivity index (χ1v) is 8.52. The number of carbonyl (C=O) groups excluding carboxylic acids is 2. The van der Waals surface area contributed by atoms with E-state index >= 15 is 0 Å². The predicted molar refractivity (Wildman–Crippen MR) is 108 cm³/mol. The van der Waals surface area contributed by atoms with Crippen molar-refractivity contribution in [3.8, 4) is 11.4 Å². The van der Waals surface area contributed by atoms with Crippen molar-refractivity contribution in [2.45, 2.75) is 0 Å². The predicted octanol–water partition coefficient (Wildman–Crippen LogP) is 3.28. The lowest BCUT2D eigenvalue weighted by Crippen LogP contribution is -2.23. The number of nitrogens with zero attached hydrogens (tertiary/aromatic N) is 3. The molecule has 28 heavy (non-hydrogen) atoms. The quantitative estimate of drug-likeness (QED) is 0.670. The highest BCUT2D eigenvalue weighted by Gasteiger charge is 2.11. The van der Waals surface area contributed by atoms with Crippen LogP contribution < -0.4 is 15.0 Å². The molecule has 142 valence electrons. The van der Waals surface area contributed by atoms with Crippen LogP contribution >= 0.6 is 0 Å². The van der Waals surface area contributed by atoms with Gasteiger partial charge in [0.2, 0.25) is 5.91 Å². The third-order valence-electron chi connectivity index (χ3n) is 4.18. The number of carbonyl (C=O) groups is 2. The second-order valence-electron chi connectivity index (χ2n) is 5.97. The first kappa shape index (κ1) is 18.9. The number of amides is 2. The second kappa shape index (κ2) is 8.22. The Kier molecular flexibility index (Phi) is 5.55. The molecule has 1 heterocycles. The van der Waals surface area contributed by atoms with E-state index < -0.39 is 0 Å². The van der Waals surface area contributed by atoms with Crippen LogP contribution in [0.1, 0.15) is 10.4 Å². The maximum Gasteiger partial charge on any atom is 0.255 e. The van der Waals surface area contributed by atoms with Crippen molar-refractivity contribution in [3.05, 3.63) is 79.1 Å². The normalized spacial score (nSPS) is 10.2.